The number of nitrogens with one attached hydrogen (secondary N) is 1. The second kappa shape index (κ2) is 7.48. The zero-order chi connectivity index (χ0) is 16.9. The van der Waals surface area contributed by atoms with Crippen LogP contribution < -0.4 is 5.32 Å². The lowest BCUT2D eigenvalue weighted by atomic mass is 10.2. The molecule has 7 nitrogen and oxygen atoms in total. The first kappa shape index (κ1) is 16.5. The second-order valence-electron chi connectivity index (χ2n) is 5.70. The third-order valence-electron chi connectivity index (χ3n) is 4.05. The highest BCUT2D eigenvalue weighted by molar-refractivity contribution is 7.99. The van der Waals surface area contributed by atoms with Crippen molar-refractivity contribution < 1.29 is 9.72 Å². The van der Waals surface area contributed by atoms with E-state index < -0.39 is 4.92 Å². The zero-order valence-corrected chi connectivity index (χ0v) is 13.9. The van der Waals surface area contributed by atoms with E-state index in [1.165, 1.54) is 61.7 Å². The lowest BCUT2D eigenvalue weighted by Crippen LogP contribution is -2.15. The fourth-order valence-electron chi connectivity index (χ4n) is 2.87. The smallest absolute Gasteiger partial charge is 0.269 e. The zero-order valence-electron chi connectivity index (χ0n) is 13.1. The first-order valence-electron chi connectivity index (χ1n) is 7.83. The van der Waals surface area contributed by atoms with Crippen LogP contribution in [0.5, 0.6) is 0 Å². The number of nitrogens with zero attached hydrogens (tertiary/aromatic N) is 3. The minimum Gasteiger partial charge on any atom is -0.325 e. The van der Waals surface area contributed by atoms with Crippen molar-refractivity contribution in [2.75, 3.05) is 11.1 Å². The van der Waals surface area contributed by atoms with Crippen LogP contribution in [0.4, 0.5) is 11.4 Å². The van der Waals surface area contributed by atoms with Gasteiger partial charge in [-0.1, -0.05) is 24.6 Å². The van der Waals surface area contributed by atoms with Crippen molar-refractivity contribution in [3.8, 4) is 0 Å². The van der Waals surface area contributed by atoms with Crippen LogP contribution in [-0.2, 0) is 4.79 Å². The molecule has 3 rings (SSSR count). The summed E-state index contributed by atoms with van der Waals surface area (Å²) in [7, 11) is 0. The van der Waals surface area contributed by atoms with Crippen LogP contribution in [0.3, 0.4) is 0 Å². The number of anilines is 1. The van der Waals surface area contributed by atoms with Gasteiger partial charge in [-0.3, -0.25) is 14.9 Å². The first-order chi connectivity index (χ1) is 11.6. The predicted octanol–water partition coefficient (Wildman–Crippen LogP) is 3.64. The van der Waals surface area contributed by atoms with Gasteiger partial charge in [0.05, 0.1) is 10.7 Å². The number of carbonyl (C=O) groups excluding carboxylic acids is 1. The summed E-state index contributed by atoms with van der Waals surface area (Å²) in [6.45, 7) is 0. The van der Waals surface area contributed by atoms with Crippen LogP contribution in [0.25, 0.3) is 0 Å². The molecular formula is C16H18N4O3S. The molecule has 0 bridgehead atoms. The molecule has 1 aromatic carbocycles. The lowest BCUT2D eigenvalue weighted by Gasteiger charge is -2.14. The molecule has 8 heteroatoms. The van der Waals surface area contributed by atoms with Gasteiger partial charge < -0.3 is 9.88 Å². The molecule has 0 radical (unpaired) electrons. The quantitative estimate of drug-likeness (QED) is 0.490. The summed E-state index contributed by atoms with van der Waals surface area (Å²) in [5, 5.41) is 14.2. The average Bonchev–Trinajstić information content (AvgIpc) is 3.24. The predicted molar refractivity (Wildman–Crippen MR) is 92.2 cm³/mol. The molecule has 126 valence electrons. The van der Waals surface area contributed by atoms with E-state index in [9.17, 15) is 14.9 Å². The largest absolute Gasteiger partial charge is 0.325 e. The fourth-order valence-corrected chi connectivity index (χ4v) is 3.69. The van der Waals surface area contributed by atoms with Crippen molar-refractivity contribution in [2.45, 2.75) is 36.9 Å². The summed E-state index contributed by atoms with van der Waals surface area (Å²) in [6.07, 6.45) is 8.57. The Labute approximate surface area is 143 Å². The number of benzene rings is 1. The molecule has 1 aliphatic rings. The fraction of sp³-hybridized carbons (Fsp3) is 0.375. The number of amides is 1. The number of hydrogen-bond donors (Lipinski definition) is 1. The monoisotopic (exact) mass is 346 g/mol. The number of nitro groups is 1. The van der Waals surface area contributed by atoms with Gasteiger partial charge in [-0.25, -0.2) is 4.98 Å². The Morgan fingerprint density at radius 1 is 1.33 bits per heavy atom. The molecule has 0 spiro atoms. The summed E-state index contributed by atoms with van der Waals surface area (Å²) in [5.74, 6) is 0.0931. The molecule has 0 atom stereocenters. The van der Waals surface area contributed by atoms with E-state index >= 15 is 0 Å². The third kappa shape index (κ3) is 3.94. The van der Waals surface area contributed by atoms with E-state index in [2.05, 4.69) is 14.9 Å². The minimum absolute atomic E-state index is 0.000893. The van der Waals surface area contributed by atoms with Gasteiger partial charge in [-0.15, -0.1) is 0 Å². The molecule has 1 fully saturated rings. The summed E-state index contributed by atoms with van der Waals surface area (Å²) < 4.78 is 2.16. The number of hydrogen-bond acceptors (Lipinski definition) is 5. The van der Waals surface area contributed by atoms with E-state index in [1.807, 2.05) is 6.20 Å². The summed E-state index contributed by atoms with van der Waals surface area (Å²) in [5.41, 5.74) is 0.547. The van der Waals surface area contributed by atoms with Crippen LogP contribution in [0.15, 0.2) is 41.8 Å². The topological polar surface area (TPSA) is 90.1 Å². The van der Waals surface area contributed by atoms with E-state index in [-0.39, 0.29) is 17.3 Å². The summed E-state index contributed by atoms with van der Waals surface area (Å²) in [4.78, 5) is 26.5. The normalized spacial score (nSPS) is 14.7. The van der Waals surface area contributed by atoms with Gasteiger partial charge in [0.1, 0.15) is 0 Å². The number of thioether (sulfide) groups is 1. The SMILES string of the molecule is O=C(CSc1nccn1C1CCCC1)Nc1ccc([N+](=O)[O-])cc1. The maximum atomic E-state index is 12.1. The van der Waals surface area contributed by atoms with E-state index in [1.54, 1.807) is 6.20 Å². The van der Waals surface area contributed by atoms with Crippen molar-refractivity contribution in [3.05, 3.63) is 46.8 Å². The van der Waals surface area contributed by atoms with Crippen molar-refractivity contribution in [1.82, 2.24) is 9.55 Å². The van der Waals surface area contributed by atoms with Gasteiger partial charge >= 0.3 is 0 Å². The third-order valence-corrected chi connectivity index (χ3v) is 5.03. The van der Waals surface area contributed by atoms with Gasteiger partial charge in [0.15, 0.2) is 5.16 Å². The molecule has 0 aliphatic heterocycles. The highest BCUT2D eigenvalue weighted by Gasteiger charge is 2.19. The molecule has 1 aliphatic carbocycles. The molecule has 1 N–H and O–H groups in total. The summed E-state index contributed by atoms with van der Waals surface area (Å²) >= 11 is 1.41. The van der Waals surface area contributed by atoms with Crippen LogP contribution in [0.2, 0.25) is 0 Å². The molecule has 1 amide bonds. The average molecular weight is 346 g/mol. The Morgan fingerprint density at radius 3 is 2.71 bits per heavy atom. The van der Waals surface area contributed by atoms with Crippen LogP contribution in [0, 0.1) is 10.1 Å². The number of carbonyl (C=O) groups is 1. The second-order valence-corrected chi connectivity index (χ2v) is 6.64. The number of rotatable bonds is 6. The highest BCUT2D eigenvalue weighted by atomic mass is 32.2. The van der Waals surface area contributed by atoms with Crippen LogP contribution in [0.1, 0.15) is 31.7 Å². The standard InChI is InChI=1S/C16H18N4O3S/c21-15(18-12-5-7-14(8-6-12)20(22)23)11-24-16-17-9-10-19(16)13-3-1-2-4-13/h5-10,13H,1-4,11H2,(H,18,21). The van der Waals surface area contributed by atoms with Gasteiger partial charge in [-0.2, -0.15) is 0 Å². The van der Waals surface area contributed by atoms with E-state index in [0.717, 1.165) is 5.16 Å². The van der Waals surface area contributed by atoms with E-state index in [0.29, 0.717) is 11.7 Å². The molecular weight excluding hydrogens is 328 g/mol. The number of non-ortho nitro benzene ring substituents is 1. The Kier molecular flexibility index (Phi) is 5.14. The Balaban J connectivity index is 1.54. The molecule has 2 aromatic rings. The maximum Gasteiger partial charge on any atom is 0.269 e. The molecule has 1 aromatic heterocycles. The number of imidazole rings is 1. The van der Waals surface area contributed by atoms with Gasteiger partial charge in [0.25, 0.3) is 5.69 Å². The molecule has 0 saturated heterocycles. The van der Waals surface area contributed by atoms with Gasteiger partial charge in [-0.05, 0) is 25.0 Å². The number of nitro benzene ring substituents is 1. The van der Waals surface area contributed by atoms with Crippen molar-refractivity contribution in [2.24, 2.45) is 0 Å². The number of aromatic nitrogens is 2. The minimum atomic E-state index is -0.468. The molecule has 1 saturated carbocycles. The molecule has 24 heavy (non-hydrogen) atoms. The van der Waals surface area contributed by atoms with Crippen molar-refractivity contribution in [3.63, 3.8) is 0 Å². The van der Waals surface area contributed by atoms with Gasteiger partial charge in [0.2, 0.25) is 5.91 Å². The van der Waals surface area contributed by atoms with Crippen molar-refractivity contribution >= 4 is 29.0 Å². The Hall–Kier alpha value is -2.35. The van der Waals surface area contributed by atoms with E-state index in [4.69, 9.17) is 0 Å². The van der Waals surface area contributed by atoms with Gasteiger partial charge in [0, 0.05) is 36.3 Å². The lowest BCUT2D eigenvalue weighted by molar-refractivity contribution is -0.384. The van der Waals surface area contributed by atoms with Crippen LogP contribution in [-0.4, -0.2) is 26.1 Å². The van der Waals surface area contributed by atoms with Crippen LogP contribution >= 0.6 is 11.8 Å². The van der Waals surface area contributed by atoms with Crippen molar-refractivity contribution in [1.29, 1.82) is 0 Å². The highest BCUT2D eigenvalue weighted by Crippen LogP contribution is 2.32. The Morgan fingerprint density at radius 2 is 2.04 bits per heavy atom. The molecule has 1 heterocycles. The maximum absolute atomic E-state index is 12.1. The first-order valence-corrected chi connectivity index (χ1v) is 8.82. The summed E-state index contributed by atoms with van der Waals surface area (Å²) in [6, 6.07) is 6.29. The molecule has 0 unspecified atom stereocenters. The Bertz CT molecular complexity index is 723.